The van der Waals surface area contributed by atoms with Crippen molar-refractivity contribution in [3.63, 3.8) is 0 Å². The molecule has 5 nitrogen and oxygen atoms in total. The summed E-state index contributed by atoms with van der Waals surface area (Å²) in [6.45, 7) is 0. The zero-order valence-electron chi connectivity index (χ0n) is 8.59. The van der Waals surface area contributed by atoms with E-state index >= 15 is 0 Å². The Morgan fingerprint density at radius 2 is 2.06 bits per heavy atom. The first kappa shape index (κ1) is 11.0. The van der Waals surface area contributed by atoms with Gasteiger partial charge in [-0.05, 0) is 25.0 Å². The van der Waals surface area contributed by atoms with Crippen LogP contribution in [0.4, 0.5) is 0 Å². The average Bonchev–Trinajstić information content (AvgIpc) is 3.01. The highest BCUT2D eigenvalue weighted by atomic mass is 16.6. The first-order valence-corrected chi connectivity index (χ1v) is 5.09. The fraction of sp³-hybridized carbons (Fsp3) is 0.300. The Bertz CT molecular complexity index is 392. The highest BCUT2D eigenvalue weighted by Gasteiger charge is 2.25. The Balaban J connectivity index is 2.13. The monoisotopic (exact) mass is 221 g/mol. The number of carbonyl (C=O) groups excluding carboxylic acids is 1. The van der Waals surface area contributed by atoms with E-state index < -0.39 is 7.32 Å². The smallest absolute Gasteiger partial charge is 0.511 e. The molecule has 1 aromatic rings. The van der Waals surface area contributed by atoms with Gasteiger partial charge in [-0.15, -0.1) is 0 Å². The van der Waals surface area contributed by atoms with Crippen LogP contribution in [0.3, 0.4) is 0 Å². The minimum Gasteiger partial charge on any atom is -0.511 e. The molecule has 1 fully saturated rings. The van der Waals surface area contributed by atoms with Crippen LogP contribution < -0.4 is 9.97 Å². The second-order valence-electron chi connectivity index (χ2n) is 3.69. The van der Waals surface area contributed by atoms with Gasteiger partial charge in [0.15, 0.2) is 0 Å². The van der Waals surface area contributed by atoms with Crippen molar-refractivity contribution < 1.29 is 19.5 Å². The largest absolute Gasteiger partial charge is 0.707 e. The van der Waals surface area contributed by atoms with E-state index in [2.05, 4.69) is 5.32 Å². The predicted octanol–water partition coefficient (Wildman–Crippen LogP) is -0.0729. The maximum Gasteiger partial charge on any atom is 0.707 e. The molecule has 3 N–H and O–H groups in total. The molecular formula is C10H12BNO4. The second kappa shape index (κ2) is 4.55. The summed E-state index contributed by atoms with van der Waals surface area (Å²) in [5.41, 5.74) is 0.308. The Morgan fingerprint density at radius 1 is 1.38 bits per heavy atom. The molecule has 1 aromatic carbocycles. The van der Waals surface area contributed by atoms with Gasteiger partial charge in [0.25, 0.3) is 5.91 Å². The van der Waals surface area contributed by atoms with Crippen LogP contribution in [0.15, 0.2) is 24.3 Å². The summed E-state index contributed by atoms with van der Waals surface area (Å²) in [4.78, 5) is 11.7. The van der Waals surface area contributed by atoms with Gasteiger partial charge in [0.2, 0.25) is 0 Å². The lowest BCUT2D eigenvalue weighted by Crippen LogP contribution is -2.28. The zero-order valence-corrected chi connectivity index (χ0v) is 8.59. The SMILES string of the molecule is O=C(NC1CC1)c1ccccc1OB(O)O. The van der Waals surface area contributed by atoms with Gasteiger partial charge in [-0.3, -0.25) is 4.79 Å². The van der Waals surface area contributed by atoms with Gasteiger partial charge in [-0.2, -0.15) is 0 Å². The molecule has 1 aliphatic carbocycles. The van der Waals surface area contributed by atoms with Crippen molar-refractivity contribution >= 4 is 13.2 Å². The number of hydrogen-bond acceptors (Lipinski definition) is 4. The van der Waals surface area contributed by atoms with Gasteiger partial charge in [-0.1, -0.05) is 12.1 Å². The maximum atomic E-state index is 11.7. The van der Waals surface area contributed by atoms with Crippen LogP contribution in [-0.4, -0.2) is 29.3 Å². The fourth-order valence-electron chi connectivity index (χ4n) is 1.36. The van der Waals surface area contributed by atoms with Gasteiger partial charge >= 0.3 is 7.32 Å². The van der Waals surface area contributed by atoms with Crippen LogP contribution in [0.5, 0.6) is 5.75 Å². The number of carbonyl (C=O) groups is 1. The van der Waals surface area contributed by atoms with E-state index in [0.29, 0.717) is 5.56 Å². The van der Waals surface area contributed by atoms with E-state index in [0.717, 1.165) is 12.8 Å². The average molecular weight is 221 g/mol. The van der Waals surface area contributed by atoms with Crippen molar-refractivity contribution in [1.29, 1.82) is 0 Å². The van der Waals surface area contributed by atoms with E-state index in [1.165, 1.54) is 6.07 Å². The lowest BCUT2D eigenvalue weighted by Gasteiger charge is -2.10. The van der Waals surface area contributed by atoms with Crippen molar-refractivity contribution in [2.45, 2.75) is 18.9 Å². The molecule has 16 heavy (non-hydrogen) atoms. The van der Waals surface area contributed by atoms with Crippen LogP contribution in [0.25, 0.3) is 0 Å². The fourth-order valence-corrected chi connectivity index (χ4v) is 1.36. The molecule has 2 rings (SSSR count). The quantitative estimate of drug-likeness (QED) is 0.621. The summed E-state index contributed by atoms with van der Waals surface area (Å²) in [5, 5.41) is 20.2. The number of para-hydroxylation sites is 1. The van der Waals surface area contributed by atoms with E-state index in [1.807, 2.05) is 0 Å². The molecule has 0 saturated heterocycles. The predicted molar refractivity (Wildman–Crippen MR) is 57.7 cm³/mol. The molecule has 0 spiro atoms. The van der Waals surface area contributed by atoms with E-state index in [4.69, 9.17) is 14.7 Å². The van der Waals surface area contributed by atoms with Crippen LogP contribution in [0.2, 0.25) is 0 Å². The zero-order chi connectivity index (χ0) is 11.5. The third kappa shape index (κ3) is 2.74. The molecular weight excluding hydrogens is 209 g/mol. The molecule has 0 bridgehead atoms. The van der Waals surface area contributed by atoms with Crippen LogP contribution in [0.1, 0.15) is 23.2 Å². The molecule has 6 heteroatoms. The van der Waals surface area contributed by atoms with Crippen molar-refractivity contribution in [2.75, 3.05) is 0 Å². The molecule has 84 valence electrons. The van der Waals surface area contributed by atoms with Gasteiger partial charge in [0.05, 0.1) is 5.56 Å². The summed E-state index contributed by atoms with van der Waals surface area (Å²) >= 11 is 0. The Kier molecular flexibility index (Phi) is 3.12. The standard InChI is InChI=1S/C10H12BNO4/c13-10(12-7-5-6-7)8-3-1-2-4-9(8)16-11(14)15/h1-4,7,14-15H,5-6H2,(H,12,13). The van der Waals surface area contributed by atoms with Crippen molar-refractivity contribution in [3.05, 3.63) is 29.8 Å². The summed E-state index contributed by atoms with van der Waals surface area (Å²) in [7, 11) is -1.92. The van der Waals surface area contributed by atoms with Gasteiger partial charge in [0, 0.05) is 6.04 Å². The Hall–Kier alpha value is -1.53. The molecule has 0 unspecified atom stereocenters. The molecule has 0 radical (unpaired) electrons. The number of hydrogen-bond donors (Lipinski definition) is 3. The second-order valence-corrected chi connectivity index (χ2v) is 3.69. The highest BCUT2D eigenvalue weighted by Crippen LogP contribution is 2.22. The first-order valence-electron chi connectivity index (χ1n) is 5.09. The maximum absolute atomic E-state index is 11.7. The number of rotatable bonds is 4. The summed E-state index contributed by atoms with van der Waals surface area (Å²) in [6.07, 6.45) is 1.99. The molecule has 0 aliphatic heterocycles. The molecule has 1 saturated carbocycles. The third-order valence-electron chi connectivity index (χ3n) is 2.28. The van der Waals surface area contributed by atoms with Crippen molar-refractivity contribution in [3.8, 4) is 5.75 Å². The highest BCUT2D eigenvalue weighted by molar-refractivity contribution is 6.34. The number of nitrogens with one attached hydrogen (secondary N) is 1. The molecule has 0 heterocycles. The molecule has 1 aliphatic rings. The lowest BCUT2D eigenvalue weighted by atomic mass is 10.1. The molecule has 1 amide bonds. The lowest BCUT2D eigenvalue weighted by molar-refractivity contribution is 0.0949. The van der Waals surface area contributed by atoms with E-state index in [-0.39, 0.29) is 17.7 Å². The third-order valence-corrected chi connectivity index (χ3v) is 2.28. The minimum atomic E-state index is -1.92. The minimum absolute atomic E-state index is 0.163. The van der Waals surface area contributed by atoms with E-state index in [1.54, 1.807) is 18.2 Å². The molecule has 0 aromatic heterocycles. The first-order chi connectivity index (χ1) is 7.66. The summed E-state index contributed by atoms with van der Waals surface area (Å²) < 4.78 is 4.72. The number of amides is 1. The van der Waals surface area contributed by atoms with Crippen molar-refractivity contribution in [2.24, 2.45) is 0 Å². The van der Waals surface area contributed by atoms with Crippen LogP contribution in [0, 0.1) is 0 Å². The van der Waals surface area contributed by atoms with E-state index in [9.17, 15) is 4.79 Å². The van der Waals surface area contributed by atoms with Crippen LogP contribution in [-0.2, 0) is 0 Å². The summed E-state index contributed by atoms with van der Waals surface area (Å²) in [6, 6.07) is 6.69. The number of benzene rings is 1. The van der Waals surface area contributed by atoms with Gasteiger partial charge in [0.1, 0.15) is 5.75 Å². The van der Waals surface area contributed by atoms with Crippen LogP contribution >= 0.6 is 0 Å². The Labute approximate surface area is 93.2 Å². The molecule has 0 atom stereocenters. The Morgan fingerprint density at radius 3 is 2.69 bits per heavy atom. The summed E-state index contributed by atoms with van der Waals surface area (Å²) in [5.74, 6) is -0.0885. The van der Waals surface area contributed by atoms with Gasteiger partial charge in [-0.25, -0.2) is 0 Å². The van der Waals surface area contributed by atoms with Gasteiger partial charge < -0.3 is 20.0 Å². The normalized spacial score (nSPS) is 14.4. The van der Waals surface area contributed by atoms with Crippen molar-refractivity contribution in [1.82, 2.24) is 5.32 Å². The topological polar surface area (TPSA) is 78.8 Å².